The standard InChI is InChI=1S/C25H21ClN4O4S/c1-33-20-8-6-15(26)11-18(20)17-9-13(10-21(31)34-2)3-7-16(17)23(32)30-25-29-22-24(35-25)28-19(12-27-22)14-4-5-14/h3,6-9,11-12,14H,4-5,10H2,1-2H3,(H,27,29,30,32). The van der Waals surface area contributed by atoms with E-state index in [1.165, 1.54) is 18.4 Å². The van der Waals surface area contributed by atoms with Crippen LogP contribution in [0.2, 0.25) is 5.02 Å². The number of halogens is 1. The summed E-state index contributed by atoms with van der Waals surface area (Å²) in [5.41, 5.74) is 3.72. The zero-order valence-corrected chi connectivity index (χ0v) is 20.6. The van der Waals surface area contributed by atoms with E-state index in [2.05, 4.69) is 20.3 Å². The Morgan fingerprint density at radius 1 is 1.11 bits per heavy atom. The number of thiazole rings is 1. The van der Waals surface area contributed by atoms with E-state index in [9.17, 15) is 9.59 Å². The van der Waals surface area contributed by atoms with Crippen molar-refractivity contribution in [1.29, 1.82) is 0 Å². The van der Waals surface area contributed by atoms with E-state index in [0.717, 1.165) is 18.5 Å². The molecule has 178 valence electrons. The molecule has 0 bridgehead atoms. The molecule has 2 aromatic carbocycles. The van der Waals surface area contributed by atoms with Gasteiger partial charge in [0.2, 0.25) is 0 Å². The minimum Gasteiger partial charge on any atom is -0.496 e. The van der Waals surface area contributed by atoms with Gasteiger partial charge in [-0.3, -0.25) is 14.9 Å². The van der Waals surface area contributed by atoms with Crippen molar-refractivity contribution in [2.24, 2.45) is 0 Å². The van der Waals surface area contributed by atoms with Crippen LogP contribution in [-0.4, -0.2) is 41.0 Å². The molecule has 10 heteroatoms. The summed E-state index contributed by atoms with van der Waals surface area (Å²) in [7, 11) is 2.88. The number of carbonyl (C=O) groups is 2. The number of methoxy groups -OCH3 is 2. The smallest absolute Gasteiger partial charge is 0.309 e. The van der Waals surface area contributed by atoms with Gasteiger partial charge in [-0.1, -0.05) is 29.0 Å². The quantitative estimate of drug-likeness (QED) is 0.339. The molecule has 0 spiro atoms. The number of nitrogens with one attached hydrogen (secondary N) is 1. The Balaban J connectivity index is 1.51. The lowest BCUT2D eigenvalue weighted by molar-refractivity contribution is -0.139. The van der Waals surface area contributed by atoms with Crippen LogP contribution in [0, 0.1) is 0 Å². The molecule has 8 nitrogen and oxygen atoms in total. The Morgan fingerprint density at radius 3 is 2.69 bits per heavy atom. The Morgan fingerprint density at radius 2 is 1.94 bits per heavy atom. The first-order valence-corrected chi connectivity index (χ1v) is 12.1. The van der Waals surface area contributed by atoms with Gasteiger partial charge in [0.05, 0.1) is 32.5 Å². The van der Waals surface area contributed by atoms with Gasteiger partial charge in [0.15, 0.2) is 15.6 Å². The van der Waals surface area contributed by atoms with Crippen LogP contribution in [0.1, 0.15) is 40.4 Å². The lowest BCUT2D eigenvalue weighted by Crippen LogP contribution is -2.14. The second kappa shape index (κ2) is 9.59. The minimum atomic E-state index is -0.383. The number of fused-ring (bicyclic) bond motifs is 1. The zero-order valence-electron chi connectivity index (χ0n) is 19.0. The monoisotopic (exact) mass is 508 g/mol. The highest BCUT2D eigenvalue weighted by molar-refractivity contribution is 7.21. The van der Waals surface area contributed by atoms with Gasteiger partial charge in [-0.05, 0) is 54.3 Å². The topological polar surface area (TPSA) is 103 Å². The summed E-state index contributed by atoms with van der Waals surface area (Å²) in [6.45, 7) is 0. The molecule has 1 N–H and O–H groups in total. The highest BCUT2D eigenvalue weighted by Gasteiger charge is 2.26. The number of rotatable bonds is 7. The second-order valence-electron chi connectivity index (χ2n) is 8.15. The Kier molecular flexibility index (Phi) is 6.36. The molecular formula is C25H21ClN4O4S. The predicted molar refractivity (Wildman–Crippen MR) is 134 cm³/mol. The molecule has 2 aromatic heterocycles. The molecule has 1 aliphatic rings. The number of hydrogen-bond acceptors (Lipinski definition) is 8. The third-order valence-corrected chi connectivity index (χ3v) is 6.80. The molecule has 1 fully saturated rings. The molecule has 1 saturated carbocycles. The highest BCUT2D eigenvalue weighted by Crippen LogP contribution is 2.40. The maximum atomic E-state index is 13.4. The molecule has 1 aliphatic carbocycles. The number of ether oxygens (including phenoxy) is 2. The molecule has 0 radical (unpaired) electrons. The summed E-state index contributed by atoms with van der Waals surface area (Å²) in [6, 6.07) is 10.3. The summed E-state index contributed by atoms with van der Waals surface area (Å²) in [5, 5.41) is 3.76. The molecule has 1 amide bonds. The molecular weight excluding hydrogens is 488 g/mol. The number of aromatic nitrogens is 3. The van der Waals surface area contributed by atoms with Crippen molar-refractivity contribution in [3.8, 4) is 16.9 Å². The first-order valence-electron chi connectivity index (χ1n) is 10.9. The number of anilines is 1. The fourth-order valence-electron chi connectivity index (χ4n) is 3.78. The van der Waals surface area contributed by atoms with Crippen molar-refractivity contribution < 1.29 is 19.1 Å². The van der Waals surface area contributed by atoms with Crippen LogP contribution < -0.4 is 10.1 Å². The Hall–Kier alpha value is -3.56. The maximum Gasteiger partial charge on any atom is 0.309 e. The number of esters is 1. The summed E-state index contributed by atoms with van der Waals surface area (Å²) in [6.07, 6.45) is 4.08. The van der Waals surface area contributed by atoms with Crippen LogP contribution in [0.3, 0.4) is 0 Å². The van der Waals surface area contributed by atoms with E-state index >= 15 is 0 Å². The number of hydrogen-bond donors (Lipinski definition) is 1. The first-order chi connectivity index (χ1) is 16.9. The van der Waals surface area contributed by atoms with Crippen LogP contribution in [0.4, 0.5) is 5.13 Å². The van der Waals surface area contributed by atoms with E-state index in [1.54, 1.807) is 49.7 Å². The first kappa shape index (κ1) is 23.2. The molecule has 5 rings (SSSR count). The molecule has 0 unspecified atom stereocenters. The van der Waals surface area contributed by atoms with Gasteiger partial charge in [-0.25, -0.2) is 9.97 Å². The summed E-state index contributed by atoms with van der Waals surface area (Å²) < 4.78 is 10.3. The summed E-state index contributed by atoms with van der Waals surface area (Å²) >= 11 is 7.55. The molecule has 0 saturated heterocycles. The van der Waals surface area contributed by atoms with Crippen LogP contribution in [0.5, 0.6) is 5.75 Å². The molecule has 2 heterocycles. The van der Waals surface area contributed by atoms with Gasteiger partial charge < -0.3 is 9.47 Å². The van der Waals surface area contributed by atoms with Gasteiger partial charge in [-0.2, -0.15) is 4.98 Å². The van der Waals surface area contributed by atoms with Gasteiger partial charge >= 0.3 is 5.97 Å². The van der Waals surface area contributed by atoms with Crippen LogP contribution >= 0.6 is 22.9 Å². The third kappa shape index (κ3) is 4.96. The van der Waals surface area contributed by atoms with E-state index in [-0.39, 0.29) is 18.3 Å². The van der Waals surface area contributed by atoms with Crippen molar-refractivity contribution in [3.05, 3.63) is 64.4 Å². The average molecular weight is 509 g/mol. The number of amides is 1. The average Bonchev–Trinajstić information content (AvgIpc) is 3.63. The highest BCUT2D eigenvalue weighted by atomic mass is 35.5. The maximum absolute atomic E-state index is 13.4. The van der Waals surface area contributed by atoms with Gasteiger partial charge in [0.1, 0.15) is 5.75 Å². The van der Waals surface area contributed by atoms with Crippen molar-refractivity contribution in [2.45, 2.75) is 25.2 Å². The Labute approximate surface area is 210 Å². The van der Waals surface area contributed by atoms with E-state index in [0.29, 0.717) is 54.6 Å². The molecule has 0 atom stereocenters. The van der Waals surface area contributed by atoms with Crippen LogP contribution in [-0.2, 0) is 16.0 Å². The normalized spacial score (nSPS) is 13.0. The van der Waals surface area contributed by atoms with Crippen molar-refractivity contribution in [3.63, 3.8) is 0 Å². The number of benzene rings is 2. The largest absolute Gasteiger partial charge is 0.496 e. The fraction of sp³-hybridized carbons (Fsp3) is 0.240. The Bertz CT molecular complexity index is 1450. The van der Waals surface area contributed by atoms with Crippen molar-refractivity contribution in [2.75, 3.05) is 19.5 Å². The molecule has 0 aliphatic heterocycles. The number of nitrogens with zero attached hydrogens (tertiary/aromatic N) is 3. The van der Waals surface area contributed by atoms with Crippen molar-refractivity contribution >= 4 is 50.4 Å². The van der Waals surface area contributed by atoms with E-state index < -0.39 is 0 Å². The minimum absolute atomic E-state index is 0.0623. The van der Waals surface area contributed by atoms with Gasteiger partial charge in [0, 0.05) is 22.1 Å². The summed E-state index contributed by atoms with van der Waals surface area (Å²) in [4.78, 5) is 39.4. The molecule has 4 aromatic rings. The fourth-order valence-corrected chi connectivity index (χ4v) is 4.75. The van der Waals surface area contributed by atoms with Crippen molar-refractivity contribution in [1.82, 2.24) is 15.0 Å². The zero-order chi connectivity index (χ0) is 24.5. The van der Waals surface area contributed by atoms with Gasteiger partial charge in [0.25, 0.3) is 5.91 Å². The lowest BCUT2D eigenvalue weighted by atomic mass is 9.95. The second-order valence-corrected chi connectivity index (χ2v) is 9.56. The van der Waals surface area contributed by atoms with Gasteiger partial charge in [-0.15, -0.1) is 0 Å². The SMILES string of the molecule is COC(=O)Cc1ccc(C(=O)Nc2nc3ncc(C4CC4)nc3s2)c(-c2cc(Cl)ccc2OC)c1. The molecule has 35 heavy (non-hydrogen) atoms. The van der Waals surface area contributed by atoms with Crippen LogP contribution in [0.15, 0.2) is 42.6 Å². The number of carbonyl (C=O) groups excluding carboxylic acids is 2. The van der Waals surface area contributed by atoms with Crippen LogP contribution in [0.25, 0.3) is 21.6 Å². The van der Waals surface area contributed by atoms with E-state index in [4.69, 9.17) is 21.1 Å². The summed E-state index contributed by atoms with van der Waals surface area (Å²) in [5.74, 6) is 0.268. The van der Waals surface area contributed by atoms with E-state index in [1.807, 2.05) is 0 Å². The lowest BCUT2D eigenvalue weighted by Gasteiger charge is -2.15. The predicted octanol–water partition coefficient (Wildman–Crippen LogP) is 5.26. The third-order valence-electron chi connectivity index (χ3n) is 5.71.